The third-order valence-corrected chi connectivity index (χ3v) is 7.89. The van der Waals surface area contributed by atoms with Gasteiger partial charge in [-0.1, -0.05) is 18.2 Å². The van der Waals surface area contributed by atoms with Crippen LogP contribution in [0.25, 0.3) is 0 Å². The molecule has 2 amide bonds. The molecule has 2 N–H and O–H groups in total. The number of anilines is 2. The van der Waals surface area contributed by atoms with Crippen LogP contribution in [0.5, 0.6) is 0 Å². The Bertz CT molecular complexity index is 1450. The Labute approximate surface area is 217 Å². The van der Waals surface area contributed by atoms with E-state index in [9.17, 15) is 18.0 Å². The van der Waals surface area contributed by atoms with Crippen molar-refractivity contribution >= 4 is 33.2 Å². The van der Waals surface area contributed by atoms with Gasteiger partial charge in [0, 0.05) is 31.3 Å². The molecule has 4 rings (SSSR count). The minimum atomic E-state index is -3.90. The van der Waals surface area contributed by atoms with Crippen LogP contribution < -0.4 is 10.0 Å². The van der Waals surface area contributed by atoms with Crippen molar-refractivity contribution in [3.05, 3.63) is 89.0 Å². The van der Waals surface area contributed by atoms with Gasteiger partial charge >= 0.3 is 0 Å². The van der Waals surface area contributed by atoms with Crippen LogP contribution in [-0.4, -0.2) is 38.2 Å². The molecule has 37 heavy (non-hydrogen) atoms. The van der Waals surface area contributed by atoms with Crippen LogP contribution in [0.3, 0.4) is 0 Å². The highest BCUT2D eigenvalue weighted by Crippen LogP contribution is 2.30. The fourth-order valence-electron chi connectivity index (χ4n) is 4.42. The largest absolute Gasteiger partial charge is 0.339 e. The molecular formula is C28H28N4O4S. The molecule has 9 heteroatoms. The van der Waals surface area contributed by atoms with E-state index in [1.807, 2.05) is 24.3 Å². The van der Waals surface area contributed by atoms with Crippen molar-refractivity contribution in [2.24, 2.45) is 0 Å². The molecule has 3 aromatic carbocycles. The fourth-order valence-corrected chi connectivity index (χ4v) is 5.54. The molecule has 1 heterocycles. The van der Waals surface area contributed by atoms with Crippen LogP contribution >= 0.6 is 0 Å². The van der Waals surface area contributed by atoms with Crippen molar-refractivity contribution in [3.63, 3.8) is 0 Å². The number of hydrogen-bond acceptors (Lipinski definition) is 5. The molecule has 0 aliphatic carbocycles. The van der Waals surface area contributed by atoms with Crippen LogP contribution in [0, 0.1) is 18.3 Å². The first kappa shape index (κ1) is 25.9. The van der Waals surface area contributed by atoms with Gasteiger partial charge < -0.3 is 10.2 Å². The molecule has 8 nitrogen and oxygen atoms in total. The van der Waals surface area contributed by atoms with E-state index in [1.54, 1.807) is 30.0 Å². The first-order chi connectivity index (χ1) is 17.7. The monoisotopic (exact) mass is 516 g/mol. The molecule has 1 aliphatic heterocycles. The van der Waals surface area contributed by atoms with E-state index in [1.165, 1.54) is 36.8 Å². The number of carbonyl (C=O) groups excluding carboxylic acids is 2. The van der Waals surface area contributed by atoms with Crippen LogP contribution in [0.2, 0.25) is 0 Å². The molecule has 1 fully saturated rings. The number of amides is 2. The number of piperidine rings is 1. The highest BCUT2D eigenvalue weighted by Gasteiger charge is 2.25. The number of hydrogen-bond donors (Lipinski definition) is 2. The Morgan fingerprint density at radius 1 is 0.973 bits per heavy atom. The van der Waals surface area contributed by atoms with E-state index in [2.05, 4.69) is 16.1 Å². The summed E-state index contributed by atoms with van der Waals surface area (Å²) in [6.45, 7) is 4.34. The number of carbonyl (C=O) groups is 2. The topological polar surface area (TPSA) is 119 Å². The maximum atomic E-state index is 13.2. The highest BCUT2D eigenvalue weighted by atomic mass is 32.2. The summed E-state index contributed by atoms with van der Waals surface area (Å²) in [7, 11) is -3.90. The molecule has 0 unspecified atom stereocenters. The zero-order valence-electron chi connectivity index (χ0n) is 20.7. The number of benzene rings is 3. The van der Waals surface area contributed by atoms with Crippen molar-refractivity contribution in [1.29, 1.82) is 5.26 Å². The van der Waals surface area contributed by atoms with Gasteiger partial charge in [-0.2, -0.15) is 5.26 Å². The summed E-state index contributed by atoms with van der Waals surface area (Å²) in [6.07, 6.45) is 1.63. The van der Waals surface area contributed by atoms with E-state index >= 15 is 0 Å². The molecule has 0 atom stereocenters. The number of likely N-dealkylation sites (tertiary alicyclic amines) is 1. The van der Waals surface area contributed by atoms with Crippen molar-refractivity contribution < 1.29 is 18.0 Å². The molecule has 0 saturated carbocycles. The van der Waals surface area contributed by atoms with E-state index in [4.69, 9.17) is 5.26 Å². The Morgan fingerprint density at radius 2 is 1.62 bits per heavy atom. The Kier molecular flexibility index (Phi) is 7.60. The molecule has 0 radical (unpaired) electrons. The van der Waals surface area contributed by atoms with Gasteiger partial charge in [-0.3, -0.25) is 14.3 Å². The third kappa shape index (κ3) is 6.16. The third-order valence-electron chi connectivity index (χ3n) is 6.51. The van der Waals surface area contributed by atoms with Crippen LogP contribution in [0.15, 0.2) is 71.6 Å². The van der Waals surface area contributed by atoms with Gasteiger partial charge in [0.25, 0.3) is 15.9 Å². The van der Waals surface area contributed by atoms with E-state index in [0.29, 0.717) is 47.1 Å². The van der Waals surface area contributed by atoms with Crippen LogP contribution in [0.1, 0.15) is 52.7 Å². The van der Waals surface area contributed by atoms with Gasteiger partial charge in [0.15, 0.2) is 0 Å². The van der Waals surface area contributed by atoms with Crippen molar-refractivity contribution in [1.82, 2.24) is 4.90 Å². The van der Waals surface area contributed by atoms with Crippen molar-refractivity contribution in [2.45, 2.75) is 37.5 Å². The Morgan fingerprint density at radius 3 is 2.22 bits per heavy atom. The fraction of sp³-hybridized carbons (Fsp3) is 0.250. The minimum Gasteiger partial charge on any atom is -0.339 e. The molecule has 1 aliphatic rings. The molecule has 3 aromatic rings. The smallest absolute Gasteiger partial charge is 0.261 e. The van der Waals surface area contributed by atoms with Gasteiger partial charge in [0.05, 0.1) is 22.2 Å². The molecule has 0 aromatic heterocycles. The van der Waals surface area contributed by atoms with Gasteiger partial charge in [0.1, 0.15) is 0 Å². The quantitative estimate of drug-likeness (QED) is 0.494. The summed E-state index contributed by atoms with van der Waals surface area (Å²) in [4.78, 5) is 26.3. The molecule has 0 bridgehead atoms. The Balaban J connectivity index is 1.44. The van der Waals surface area contributed by atoms with Crippen molar-refractivity contribution in [3.8, 4) is 6.07 Å². The number of nitrogens with one attached hydrogen (secondary N) is 2. The first-order valence-corrected chi connectivity index (χ1v) is 13.4. The second-order valence-electron chi connectivity index (χ2n) is 9.14. The number of nitrogens with zero attached hydrogens (tertiary/aromatic N) is 2. The summed E-state index contributed by atoms with van der Waals surface area (Å²) >= 11 is 0. The number of sulfonamides is 1. The summed E-state index contributed by atoms with van der Waals surface area (Å²) in [6, 6.07) is 20.6. The zero-order chi connectivity index (χ0) is 26.6. The lowest BCUT2D eigenvalue weighted by Crippen LogP contribution is -2.38. The average molecular weight is 517 g/mol. The number of nitriles is 1. The summed E-state index contributed by atoms with van der Waals surface area (Å²) in [5, 5.41) is 11.6. The van der Waals surface area contributed by atoms with Crippen molar-refractivity contribution in [2.75, 3.05) is 23.1 Å². The SMILES string of the molecule is CC(=O)Nc1ccc(S(=O)(=O)Nc2cc(C(=O)N3CCC(c4ccc(C#N)cc4)CC3)ccc2C)cc1. The summed E-state index contributed by atoms with van der Waals surface area (Å²) in [5.41, 5.74) is 3.74. The minimum absolute atomic E-state index is 0.0441. The first-order valence-electron chi connectivity index (χ1n) is 12.0. The summed E-state index contributed by atoms with van der Waals surface area (Å²) in [5.74, 6) is -0.0584. The molecule has 190 valence electrons. The number of rotatable bonds is 6. The van der Waals surface area contributed by atoms with Crippen LogP contribution in [0.4, 0.5) is 11.4 Å². The lowest BCUT2D eigenvalue weighted by Gasteiger charge is -2.32. The average Bonchev–Trinajstić information content (AvgIpc) is 2.89. The molecule has 0 spiro atoms. The van der Waals surface area contributed by atoms with Gasteiger partial charge in [-0.05, 0) is 85.3 Å². The standard InChI is InChI=1S/C28H28N4O4S/c1-19-3-6-24(17-27(19)31-37(35,36)26-11-9-25(10-12-26)30-20(2)33)28(34)32-15-13-23(14-16-32)22-7-4-21(18-29)5-8-22/h3-12,17,23,31H,13-16H2,1-2H3,(H,30,33). The lowest BCUT2D eigenvalue weighted by molar-refractivity contribution is -0.114. The van der Waals surface area contributed by atoms with E-state index < -0.39 is 10.0 Å². The summed E-state index contributed by atoms with van der Waals surface area (Å²) < 4.78 is 28.5. The second-order valence-corrected chi connectivity index (χ2v) is 10.8. The second kappa shape index (κ2) is 10.8. The number of aryl methyl sites for hydroxylation is 1. The zero-order valence-corrected chi connectivity index (χ0v) is 21.5. The predicted octanol–water partition coefficient (Wildman–Crippen LogP) is 4.65. The maximum absolute atomic E-state index is 13.2. The maximum Gasteiger partial charge on any atom is 0.261 e. The van der Waals surface area contributed by atoms with Gasteiger partial charge in [0.2, 0.25) is 5.91 Å². The normalized spacial score (nSPS) is 14.0. The highest BCUT2D eigenvalue weighted by molar-refractivity contribution is 7.92. The van der Waals surface area contributed by atoms with Gasteiger partial charge in [-0.15, -0.1) is 0 Å². The van der Waals surface area contributed by atoms with Crippen LogP contribution in [-0.2, 0) is 14.8 Å². The van der Waals surface area contributed by atoms with E-state index in [-0.39, 0.29) is 16.7 Å². The lowest BCUT2D eigenvalue weighted by atomic mass is 9.89. The van der Waals surface area contributed by atoms with E-state index in [0.717, 1.165) is 12.8 Å². The predicted molar refractivity (Wildman–Crippen MR) is 142 cm³/mol. The van der Waals surface area contributed by atoms with Gasteiger partial charge in [-0.25, -0.2) is 8.42 Å². The molecule has 1 saturated heterocycles. The molecular weight excluding hydrogens is 488 g/mol. The Hall–Kier alpha value is -4.16.